The third-order valence-electron chi connectivity index (χ3n) is 5.08. The highest BCUT2D eigenvalue weighted by molar-refractivity contribution is 5.91. The molecule has 2 aromatic carbocycles. The van der Waals surface area contributed by atoms with Crippen molar-refractivity contribution in [3.63, 3.8) is 0 Å². The molecule has 1 amide bonds. The first-order valence-electron chi connectivity index (χ1n) is 9.72. The molecule has 0 radical (unpaired) electrons. The summed E-state index contributed by atoms with van der Waals surface area (Å²) < 4.78 is 20.7. The van der Waals surface area contributed by atoms with Crippen molar-refractivity contribution in [3.05, 3.63) is 77.9 Å². The van der Waals surface area contributed by atoms with E-state index in [9.17, 15) is 9.18 Å². The number of aryl methyl sites for hydroxylation is 1. The Hall–Kier alpha value is -3.45. The zero-order chi connectivity index (χ0) is 21.3. The Morgan fingerprint density at radius 2 is 1.93 bits per heavy atom. The molecule has 0 aliphatic carbocycles. The number of anilines is 1. The maximum Gasteiger partial charge on any atom is 0.239 e. The molecular weight excluding hydrogens is 383 g/mol. The van der Waals surface area contributed by atoms with E-state index in [1.54, 1.807) is 22.9 Å². The minimum absolute atomic E-state index is 0.0769. The largest absolute Gasteiger partial charge is 0.459 e. The predicted molar refractivity (Wildman–Crippen MR) is 114 cm³/mol. The van der Waals surface area contributed by atoms with E-state index in [-0.39, 0.29) is 24.3 Å². The van der Waals surface area contributed by atoms with Crippen LogP contribution in [0.4, 0.5) is 10.2 Å². The van der Waals surface area contributed by atoms with Gasteiger partial charge in [0.05, 0.1) is 24.0 Å². The van der Waals surface area contributed by atoms with Crippen LogP contribution in [0.15, 0.2) is 65.1 Å². The van der Waals surface area contributed by atoms with Crippen LogP contribution < -0.4 is 5.32 Å². The Kier molecular flexibility index (Phi) is 5.37. The predicted octanol–water partition coefficient (Wildman–Crippen LogP) is 4.70. The van der Waals surface area contributed by atoms with Crippen LogP contribution in [0.2, 0.25) is 0 Å². The highest BCUT2D eigenvalue weighted by Gasteiger charge is 2.19. The lowest BCUT2D eigenvalue weighted by Gasteiger charge is -2.22. The van der Waals surface area contributed by atoms with Crippen molar-refractivity contribution in [2.75, 3.05) is 18.9 Å². The van der Waals surface area contributed by atoms with E-state index >= 15 is 0 Å². The lowest BCUT2D eigenvalue weighted by atomic mass is 10.2. The van der Waals surface area contributed by atoms with Gasteiger partial charge in [0.25, 0.3) is 0 Å². The number of nitrogens with zero attached hydrogens (tertiary/aromatic N) is 3. The van der Waals surface area contributed by atoms with E-state index in [0.717, 1.165) is 22.4 Å². The smallest absolute Gasteiger partial charge is 0.239 e. The average molecular weight is 406 g/mol. The maximum atomic E-state index is 13.2. The number of carbonyl (C=O) groups is 1. The standard InChI is InChI=1S/C23H23FN4O2/c1-15-12-22(28(26-15)19-10-8-18(24)9-11-19)25-23(29)14-27(3)16(2)21-13-17-6-4-5-7-20(17)30-21/h4-13,16H,14H2,1-3H3,(H,25,29). The number of halogens is 1. The number of nitrogens with one attached hydrogen (secondary N) is 1. The van der Waals surface area contributed by atoms with Gasteiger partial charge in [-0.1, -0.05) is 18.2 Å². The molecule has 30 heavy (non-hydrogen) atoms. The molecule has 154 valence electrons. The van der Waals surface area contributed by atoms with Crippen molar-refractivity contribution in [3.8, 4) is 5.69 Å². The summed E-state index contributed by atoms with van der Waals surface area (Å²) in [5, 5.41) is 8.34. The van der Waals surface area contributed by atoms with E-state index in [2.05, 4.69) is 10.4 Å². The number of fused-ring (bicyclic) bond motifs is 1. The summed E-state index contributed by atoms with van der Waals surface area (Å²) in [5.41, 5.74) is 2.25. The van der Waals surface area contributed by atoms with E-state index in [4.69, 9.17) is 4.42 Å². The van der Waals surface area contributed by atoms with Crippen molar-refractivity contribution in [1.82, 2.24) is 14.7 Å². The quantitative estimate of drug-likeness (QED) is 0.504. The molecule has 1 unspecified atom stereocenters. The summed E-state index contributed by atoms with van der Waals surface area (Å²) in [6.07, 6.45) is 0. The monoisotopic (exact) mass is 406 g/mol. The van der Waals surface area contributed by atoms with Crippen LogP contribution in [0.5, 0.6) is 0 Å². The van der Waals surface area contributed by atoms with Gasteiger partial charge in [0.1, 0.15) is 23.0 Å². The SMILES string of the molecule is Cc1cc(NC(=O)CN(C)C(C)c2cc3ccccc3o2)n(-c2ccc(F)cc2)n1. The van der Waals surface area contributed by atoms with Crippen molar-refractivity contribution < 1.29 is 13.6 Å². The van der Waals surface area contributed by atoms with Gasteiger partial charge in [-0.15, -0.1) is 0 Å². The Morgan fingerprint density at radius 3 is 2.67 bits per heavy atom. The molecule has 0 fully saturated rings. The number of benzene rings is 2. The summed E-state index contributed by atoms with van der Waals surface area (Å²) in [6, 6.07) is 17.5. The van der Waals surface area contributed by atoms with Crippen LogP contribution in [0.1, 0.15) is 24.4 Å². The van der Waals surface area contributed by atoms with Gasteiger partial charge < -0.3 is 9.73 Å². The number of likely N-dealkylation sites (N-methyl/N-ethyl adjacent to an activating group) is 1. The van der Waals surface area contributed by atoms with Gasteiger partial charge in [0.2, 0.25) is 5.91 Å². The second-order valence-corrected chi connectivity index (χ2v) is 7.39. The van der Waals surface area contributed by atoms with Gasteiger partial charge >= 0.3 is 0 Å². The zero-order valence-electron chi connectivity index (χ0n) is 17.1. The highest BCUT2D eigenvalue weighted by atomic mass is 19.1. The normalized spacial score (nSPS) is 12.4. The Labute approximate surface area is 173 Å². The van der Waals surface area contributed by atoms with Gasteiger partial charge in [-0.3, -0.25) is 9.69 Å². The van der Waals surface area contributed by atoms with Gasteiger partial charge in [0, 0.05) is 11.5 Å². The molecule has 2 heterocycles. The van der Waals surface area contributed by atoms with Crippen LogP contribution in [-0.2, 0) is 4.79 Å². The van der Waals surface area contributed by atoms with Crippen LogP contribution in [0, 0.1) is 12.7 Å². The summed E-state index contributed by atoms with van der Waals surface area (Å²) >= 11 is 0. The molecule has 2 aromatic heterocycles. The molecule has 1 N–H and O–H groups in total. The molecule has 0 saturated carbocycles. The topological polar surface area (TPSA) is 63.3 Å². The molecule has 0 bridgehead atoms. The van der Waals surface area contributed by atoms with Crippen LogP contribution in [0.3, 0.4) is 0 Å². The van der Waals surface area contributed by atoms with Gasteiger partial charge in [-0.2, -0.15) is 5.10 Å². The number of rotatable bonds is 6. The lowest BCUT2D eigenvalue weighted by Crippen LogP contribution is -2.32. The minimum atomic E-state index is -0.325. The maximum absolute atomic E-state index is 13.2. The third-order valence-corrected chi connectivity index (χ3v) is 5.08. The first-order valence-corrected chi connectivity index (χ1v) is 9.72. The van der Waals surface area contributed by atoms with E-state index in [1.165, 1.54) is 12.1 Å². The molecule has 6 nitrogen and oxygen atoms in total. The molecular formula is C23H23FN4O2. The van der Waals surface area contributed by atoms with Gasteiger partial charge in [-0.25, -0.2) is 9.07 Å². The van der Waals surface area contributed by atoms with Crippen molar-refractivity contribution in [2.24, 2.45) is 0 Å². The number of aromatic nitrogens is 2. The molecule has 0 aliphatic rings. The van der Waals surface area contributed by atoms with Crippen molar-refractivity contribution in [1.29, 1.82) is 0 Å². The molecule has 0 saturated heterocycles. The van der Waals surface area contributed by atoms with Crippen molar-refractivity contribution >= 4 is 22.7 Å². The van der Waals surface area contributed by atoms with Gasteiger partial charge in [-0.05, 0) is 57.3 Å². The molecule has 4 rings (SSSR count). The molecule has 0 spiro atoms. The molecule has 4 aromatic rings. The first kappa shape index (κ1) is 19.8. The van der Waals surface area contributed by atoms with Gasteiger partial charge in [0.15, 0.2) is 0 Å². The summed E-state index contributed by atoms with van der Waals surface area (Å²) in [7, 11) is 1.87. The number of hydrogen-bond acceptors (Lipinski definition) is 4. The van der Waals surface area contributed by atoms with Crippen LogP contribution >= 0.6 is 0 Å². The Morgan fingerprint density at radius 1 is 1.20 bits per heavy atom. The second-order valence-electron chi connectivity index (χ2n) is 7.39. The van der Waals surface area contributed by atoms with Crippen LogP contribution in [0.25, 0.3) is 16.7 Å². The fourth-order valence-corrected chi connectivity index (χ4v) is 3.34. The van der Waals surface area contributed by atoms with E-state index in [0.29, 0.717) is 11.5 Å². The molecule has 0 aliphatic heterocycles. The summed E-state index contributed by atoms with van der Waals surface area (Å²) in [6.45, 7) is 4.01. The number of hydrogen-bond donors (Lipinski definition) is 1. The lowest BCUT2D eigenvalue weighted by molar-refractivity contribution is -0.117. The first-order chi connectivity index (χ1) is 14.4. The summed E-state index contributed by atoms with van der Waals surface area (Å²) in [5.74, 6) is 0.839. The van der Waals surface area contributed by atoms with Crippen LogP contribution in [-0.4, -0.2) is 34.2 Å². The summed E-state index contributed by atoms with van der Waals surface area (Å²) in [4.78, 5) is 14.6. The molecule has 1 atom stereocenters. The minimum Gasteiger partial charge on any atom is -0.459 e. The third kappa shape index (κ3) is 4.11. The number of amides is 1. The van der Waals surface area contributed by atoms with E-state index in [1.807, 2.05) is 56.1 Å². The highest BCUT2D eigenvalue weighted by Crippen LogP contribution is 2.26. The van der Waals surface area contributed by atoms with E-state index < -0.39 is 0 Å². The van der Waals surface area contributed by atoms with Crippen molar-refractivity contribution in [2.45, 2.75) is 19.9 Å². The average Bonchev–Trinajstić information content (AvgIpc) is 3.31. The fraction of sp³-hybridized carbons (Fsp3) is 0.217. The number of furan rings is 1. The Balaban J connectivity index is 1.46. The second kappa shape index (κ2) is 8.12. The number of para-hydroxylation sites is 1. The zero-order valence-corrected chi connectivity index (χ0v) is 17.1. The number of carbonyl (C=O) groups excluding carboxylic acids is 1. The molecule has 7 heteroatoms. The Bertz CT molecular complexity index is 1150. The fourth-order valence-electron chi connectivity index (χ4n) is 3.34.